The van der Waals surface area contributed by atoms with Gasteiger partial charge in [0.05, 0.1) is 6.54 Å². The molecular formula is C12H14N4OS. The summed E-state index contributed by atoms with van der Waals surface area (Å²) < 4.78 is 0. The first kappa shape index (κ1) is 12.6. The Morgan fingerprint density at radius 2 is 2.39 bits per heavy atom. The molecule has 2 rings (SSSR count). The highest BCUT2D eigenvalue weighted by Crippen LogP contribution is 2.11. The molecule has 2 N–H and O–H groups in total. The fourth-order valence-corrected chi connectivity index (χ4v) is 2.06. The predicted octanol–water partition coefficient (Wildman–Crippen LogP) is 1.60. The van der Waals surface area contributed by atoms with E-state index < -0.39 is 0 Å². The van der Waals surface area contributed by atoms with Gasteiger partial charge in [-0.1, -0.05) is 12.1 Å². The molecule has 0 saturated carbocycles. The van der Waals surface area contributed by atoms with E-state index in [1.807, 2.05) is 24.5 Å². The molecule has 1 aromatic carbocycles. The summed E-state index contributed by atoms with van der Waals surface area (Å²) in [6.07, 6.45) is 3.46. The van der Waals surface area contributed by atoms with Crippen LogP contribution in [0.4, 0.5) is 0 Å². The molecule has 0 aliphatic carbocycles. The molecule has 2 aromatic rings. The number of nitrogens with zero attached hydrogens (tertiary/aromatic N) is 2. The summed E-state index contributed by atoms with van der Waals surface area (Å²) in [4.78, 5) is 15.9. The van der Waals surface area contributed by atoms with Crippen LogP contribution in [0.2, 0.25) is 0 Å². The maximum atomic E-state index is 11.9. The van der Waals surface area contributed by atoms with Crippen LogP contribution in [-0.4, -0.2) is 27.3 Å². The van der Waals surface area contributed by atoms with Crippen molar-refractivity contribution in [1.82, 2.24) is 20.5 Å². The number of rotatable bonds is 5. The van der Waals surface area contributed by atoms with Gasteiger partial charge in [0.1, 0.15) is 12.2 Å². The van der Waals surface area contributed by atoms with Gasteiger partial charge in [-0.25, -0.2) is 4.98 Å². The van der Waals surface area contributed by atoms with E-state index in [1.165, 1.54) is 6.33 Å². The first-order chi connectivity index (χ1) is 8.79. The van der Waals surface area contributed by atoms with Crippen LogP contribution >= 0.6 is 11.8 Å². The monoisotopic (exact) mass is 262 g/mol. The van der Waals surface area contributed by atoms with E-state index in [1.54, 1.807) is 17.8 Å². The Morgan fingerprint density at radius 1 is 1.50 bits per heavy atom. The highest BCUT2D eigenvalue weighted by atomic mass is 32.2. The quantitative estimate of drug-likeness (QED) is 0.858. The first-order valence-corrected chi connectivity index (χ1v) is 6.89. The van der Waals surface area contributed by atoms with Crippen LogP contribution in [-0.2, 0) is 12.3 Å². The zero-order chi connectivity index (χ0) is 12.8. The lowest BCUT2D eigenvalue weighted by Gasteiger charge is -2.05. The molecule has 94 valence electrons. The lowest BCUT2D eigenvalue weighted by Crippen LogP contribution is -2.23. The second-order valence-electron chi connectivity index (χ2n) is 3.75. The summed E-state index contributed by atoms with van der Waals surface area (Å²) in [6, 6.07) is 7.63. The average molecular weight is 262 g/mol. The Kier molecular flexibility index (Phi) is 4.35. The van der Waals surface area contributed by atoms with Gasteiger partial charge in [0.25, 0.3) is 5.91 Å². The van der Waals surface area contributed by atoms with Crippen LogP contribution in [0.1, 0.15) is 21.7 Å². The molecule has 0 unspecified atom stereocenters. The molecule has 0 aliphatic rings. The van der Waals surface area contributed by atoms with Crippen LogP contribution in [0.15, 0.2) is 30.6 Å². The van der Waals surface area contributed by atoms with Gasteiger partial charge >= 0.3 is 0 Å². The summed E-state index contributed by atoms with van der Waals surface area (Å²) in [5.41, 5.74) is 1.82. The Hall–Kier alpha value is -1.82. The second-order valence-corrected chi connectivity index (χ2v) is 4.61. The number of aromatic amines is 1. The predicted molar refractivity (Wildman–Crippen MR) is 71.2 cm³/mol. The maximum absolute atomic E-state index is 11.9. The zero-order valence-electron chi connectivity index (χ0n) is 10.0. The third-order valence-electron chi connectivity index (χ3n) is 2.38. The first-order valence-electron chi connectivity index (χ1n) is 5.50. The number of benzene rings is 1. The maximum Gasteiger partial charge on any atom is 0.251 e. The van der Waals surface area contributed by atoms with E-state index in [4.69, 9.17) is 0 Å². The largest absolute Gasteiger partial charge is 0.345 e. The highest BCUT2D eigenvalue weighted by Gasteiger charge is 2.06. The zero-order valence-corrected chi connectivity index (χ0v) is 10.8. The van der Waals surface area contributed by atoms with Crippen LogP contribution in [0.3, 0.4) is 0 Å². The van der Waals surface area contributed by atoms with Gasteiger partial charge < -0.3 is 5.32 Å². The summed E-state index contributed by atoms with van der Waals surface area (Å²) in [7, 11) is 0. The van der Waals surface area contributed by atoms with Crippen molar-refractivity contribution in [1.29, 1.82) is 0 Å². The number of nitrogens with one attached hydrogen (secondary N) is 2. The van der Waals surface area contributed by atoms with Crippen LogP contribution < -0.4 is 5.32 Å². The minimum atomic E-state index is -0.102. The summed E-state index contributed by atoms with van der Waals surface area (Å²) >= 11 is 1.73. The molecule has 0 saturated heterocycles. The van der Waals surface area contributed by atoms with Gasteiger partial charge in [0.2, 0.25) is 0 Å². The number of hydrogen-bond acceptors (Lipinski definition) is 4. The van der Waals surface area contributed by atoms with Gasteiger partial charge in [0.15, 0.2) is 0 Å². The van der Waals surface area contributed by atoms with Gasteiger partial charge in [0, 0.05) is 11.3 Å². The van der Waals surface area contributed by atoms with E-state index in [9.17, 15) is 4.79 Å². The van der Waals surface area contributed by atoms with Crippen molar-refractivity contribution in [3.05, 3.63) is 47.5 Å². The van der Waals surface area contributed by atoms with Crippen LogP contribution in [0.25, 0.3) is 0 Å². The topological polar surface area (TPSA) is 70.7 Å². The van der Waals surface area contributed by atoms with Crippen molar-refractivity contribution in [2.45, 2.75) is 12.3 Å². The SMILES string of the molecule is CSCc1cccc(C(=O)NCc2ncn[nH]2)c1. The Labute approximate surface area is 109 Å². The lowest BCUT2D eigenvalue weighted by molar-refractivity contribution is 0.0950. The van der Waals surface area contributed by atoms with Crippen LogP contribution in [0, 0.1) is 0 Å². The molecule has 0 atom stereocenters. The van der Waals surface area contributed by atoms with Gasteiger partial charge in [-0.2, -0.15) is 16.9 Å². The molecular weight excluding hydrogens is 248 g/mol. The molecule has 0 bridgehead atoms. The van der Waals surface area contributed by atoms with E-state index >= 15 is 0 Å². The smallest absolute Gasteiger partial charge is 0.251 e. The van der Waals surface area contributed by atoms with E-state index in [2.05, 4.69) is 20.5 Å². The fraction of sp³-hybridized carbons (Fsp3) is 0.250. The third kappa shape index (κ3) is 3.33. The van der Waals surface area contributed by atoms with Gasteiger partial charge in [-0.3, -0.25) is 9.89 Å². The van der Waals surface area contributed by atoms with Crippen molar-refractivity contribution in [2.75, 3.05) is 6.26 Å². The molecule has 0 fully saturated rings. The van der Waals surface area contributed by atoms with Crippen LogP contribution in [0.5, 0.6) is 0 Å². The molecule has 0 spiro atoms. The highest BCUT2D eigenvalue weighted by molar-refractivity contribution is 7.97. The Bertz CT molecular complexity index is 513. The van der Waals surface area contributed by atoms with Gasteiger partial charge in [-0.05, 0) is 24.0 Å². The van der Waals surface area contributed by atoms with E-state index in [-0.39, 0.29) is 5.91 Å². The number of carbonyl (C=O) groups excluding carboxylic acids is 1. The van der Waals surface area contributed by atoms with Gasteiger partial charge in [-0.15, -0.1) is 0 Å². The Balaban J connectivity index is 1.97. The minimum Gasteiger partial charge on any atom is -0.345 e. The standard InChI is InChI=1S/C12H14N4OS/c1-18-7-9-3-2-4-10(5-9)12(17)13-6-11-14-8-15-16-11/h2-5,8H,6-7H2,1H3,(H,13,17)(H,14,15,16). The molecule has 6 heteroatoms. The van der Waals surface area contributed by atoms with E-state index in [0.29, 0.717) is 17.9 Å². The molecule has 1 amide bonds. The number of thioether (sulfide) groups is 1. The number of H-pyrrole nitrogens is 1. The number of hydrogen-bond donors (Lipinski definition) is 2. The molecule has 1 aromatic heterocycles. The molecule has 0 aliphatic heterocycles. The molecule has 0 radical (unpaired) electrons. The number of aromatic nitrogens is 3. The fourth-order valence-electron chi connectivity index (χ4n) is 1.55. The number of carbonyl (C=O) groups is 1. The summed E-state index contributed by atoms with van der Waals surface area (Å²) in [6.45, 7) is 0.353. The van der Waals surface area contributed by atoms with Crippen molar-refractivity contribution in [2.24, 2.45) is 0 Å². The molecule has 5 nitrogen and oxygen atoms in total. The van der Waals surface area contributed by atoms with Crippen molar-refractivity contribution >= 4 is 17.7 Å². The number of amides is 1. The van der Waals surface area contributed by atoms with Crippen molar-refractivity contribution in [3.63, 3.8) is 0 Å². The minimum absolute atomic E-state index is 0.102. The van der Waals surface area contributed by atoms with E-state index in [0.717, 1.165) is 11.3 Å². The van der Waals surface area contributed by atoms with Crippen molar-refractivity contribution < 1.29 is 4.79 Å². The third-order valence-corrected chi connectivity index (χ3v) is 3.00. The Morgan fingerprint density at radius 3 is 3.11 bits per heavy atom. The van der Waals surface area contributed by atoms with Crippen molar-refractivity contribution in [3.8, 4) is 0 Å². The molecule has 1 heterocycles. The average Bonchev–Trinajstić information content (AvgIpc) is 2.90. The summed E-state index contributed by atoms with van der Waals surface area (Å²) in [5, 5.41) is 9.21. The molecule has 18 heavy (non-hydrogen) atoms. The normalized spacial score (nSPS) is 10.3. The lowest BCUT2D eigenvalue weighted by atomic mass is 10.1. The second kappa shape index (κ2) is 6.20. The summed E-state index contributed by atoms with van der Waals surface area (Å²) in [5.74, 6) is 1.45.